The summed E-state index contributed by atoms with van der Waals surface area (Å²) in [5, 5.41) is 0. The Hall–Kier alpha value is -1.32. The summed E-state index contributed by atoms with van der Waals surface area (Å²) in [5.74, 6) is 0.265. The number of carbonyl (C=O) groups excluding carboxylic acids is 2. The van der Waals surface area contributed by atoms with E-state index in [1.54, 1.807) is 0 Å². The van der Waals surface area contributed by atoms with Crippen LogP contribution in [0.2, 0.25) is 0 Å². The summed E-state index contributed by atoms with van der Waals surface area (Å²) in [7, 11) is 0. The summed E-state index contributed by atoms with van der Waals surface area (Å²) in [6, 6.07) is 0. The van der Waals surface area contributed by atoms with Gasteiger partial charge < -0.3 is 9.47 Å². The fraction of sp³-hybridized carbons (Fsp3) is 0.852. The highest BCUT2D eigenvalue weighted by Gasteiger charge is 2.08. The molecule has 0 bridgehead atoms. The first-order chi connectivity index (χ1) is 15.0. The van der Waals surface area contributed by atoms with Gasteiger partial charge in [-0.3, -0.25) is 9.59 Å². The average molecular weight is 439 g/mol. The zero-order chi connectivity index (χ0) is 23.2. The van der Waals surface area contributed by atoms with E-state index in [0.717, 1.165) is 32.1 Å². The van der Waals surface area contributed by atoms with Gasteiger partial charge in [0.1, 0.15) is 0 Å². The lowest BCUT2D eigenvalue weighted by Crippen LogP contribution is -2.09. The number of unbranched alkanes of at least 4 members (excludes halogenated alkanes) is 9. The molecule has 0 aromatic rings. The van der Waals surface area contributed by atoms with Gasteiger partial charge in [-0.05, 0) is 58.3 Å². The first-order valence-electron chi connectivity index (χ1n) is 12.9. The smallest absolute Gasteiger partial charge is 0.305 e. The minimum absolute atomic E-state index is 0.141. The van der Waals surface area contributed by atoms with Crippen molar-refractivity contribution in [1.82, 2.24) is 0 Å². The quantitative estimate of drug-likeness (QED) is 0.104. The van der Waals surface area contributed by atoms with E-state index in [9.17, 15) is 9.59 Å². The topological polar surface area (TPSA) is 52.6 Å². The summed E-state index contributed by atoms with van der Waals surface area (Å²) >= 11 is 0. The number of rotatable bonds is 21. The summed E-state index contributed by atoms with van der Waals surface area (Å²) in [5.41, 5.74) is 1.35. The van der Waals surface area contributed by atoms with Crippen LogP contribution >= 0.6 is 0 Å². The first kappa shape index (κ1) is 29.7. The molecular formula is C27H50O4. The highest BCUT2D eigenvalue weighted by Crippen LogP contribution is 2.13. The lowest BCUT2D eigenvalue weighted by Gasteiger charge is -2.10. The molecule has 0 aliphatic carbocycles. The highest BCUT2D eigenvalue weighted by atomic mass is 16.5. The molecule has 1 atom stereocenters. The second-order valence-corrected chi connectivity index (χ2v) is 9.23. The highest BCUT2D eigenvalue weighted by molar-refractivity contribution is 5.70. The van der Waals surface area contributed by atoms with Crippen LogP contribution in [-0.4, -0.2) is 25.2 Å². The van der Waals surface area contributed by atoms with Crippen molar-refractivity contribution in [3.63, 3.8) is 0 Å². The van der Waals surface area contributed by atoms with Crippen LogP contribution < -0.4 is 0 Å². The normalized spacial score (nSPS) is 11.7. The van der Waals surface area contributed by atoms with Crippen molar-refractivity contribution in [1.29, 1.82) is 0 Å². The van der Waals surface area contributed by atoms with Gasteiger partial charge in [0.05, 0.1) is 13.2 Å². The number of hydrogen-bond donors (Lipinski definition) is 0. The Labute approximate surface area is 192 Å². The van der Waals surface area contributed by atoms with E-state index < -0.39 is 0 Å². The van der Waals surface area contributed by atoms with Crippen molar-refractivity contribution in [3.05, 3.63) is 11.6 Å². The molecule has 4 nitrogen and oxygen atoms in total. The molecule has 0 aromatic carbocycles. The van der Waals surface area contributed by atoms with Crippen LogP contribution in [0.25, 0.3) is 0 Å². The summed E-state index contributed by atoms with van der Waals surface area (Å²) in [4.78, 5) is 23.6. The van der Waals surface area contributed by atoms with Gasteiger partial charge in [0.15, 0.2) is 0 Å². The summed E-state index contributed by atoms with van der Waals surface area (Å²) in [6.45, 7) is 9.70. The minimum atomic E-state index is -0.153. The van der Waals surface area contributed by atoms with Gasteiger partial charge in [-0.2, -0.15) is 0 Å². The molecule has 0 saturated carbocycles. The van der Waals surface area contributed by atoms with Crippen LogP contribution in [-0.2, 0) is 19.1 Å². The third-order valence-corrected chi connectivity index (χ3v) is 5.61. The van der Waals surface area contributed by atoms with Crippen molar-refractivity contribution in [2.24, 2.45) is 5.92 Å². The van der Waals surface area contributed by atoms with Gasteiger partial charge in [-0.25, -0.2) is 0 Å². The Morgan fingerprint density at radius 1 is 0.710 bits per heavy atom. The fourth-order valence-corrected chi connectivity index (χ4v) is 3.46. The van der Waals surface area contributed by atoms with Crippen LogP contribution in [0.4, 0.5) is 0 Å². The van der Waals surface area contributed by atoms with Crippen molar-refractivity contribution < 1.29 is 19.1 Å². The standard InChI is InChI=1S/C27H50O4/c1-5-6-7-8-9-10-11-12-15-22-30-26(28)19-13-14-20-27(29)31-23-21-25(4)18-16-17-24(2)3/h17,25H,5-16,18-23H2,1-4H3. The minimum Gasteiger partial charge on any atom is -0.466 e. The van der Waals surface area contributed by atoms with E-state index in [2.05, 4.69) is 33.8 Å². The molecule has 0 rings (SSSR count). The molecular weight excluding hydrogens is 388 g/mol. The number of esters is 2. The van der Waals surface area contributed by atoms with E-state index in [1.807, 2.05) is 0 Å². The lowest BCUT2D eigenvalue weighted by atomic mass is 10.0. The molecule has 1 unspecified atom stereocenters. The maximum Gasteiger partial charge on any atom is 0.305 e. The van der Waals surface area contributed by atoms with Crippen LogP contribution in [0.1, 0.15) is 130 Å². The van der Waals surface area contributed by atoms with Crippen molar-refractivity contribution in [2.45, 2.75) is 130 Å². The molecule has 0 radical (unpaired) electrons. The predicted molar refractivity (Wildman–Crippen MR) is 130 cm³/mol. The molecule has 0 fully saturated rings. The number of hydrogen-bond acceptors (Lipinski definition) is 4. The van der Waals surface area contributed by atoms with Gasteiger partial charge in [0.2, 0.25) is 0 Å². The van der Waals surface area contributed by atoms with Gasteiger partial charge in [-0.1, -0.05) is 76.9 Å². The zero-order valence-electron chi connectivity index (χ0n) is 21.0. The molecule has 0 aliphatic heterocycles. The van der Waals surface area contributed by atoms with E-state index >= 15 is 0 Å². The third-order valence-electron chi connectivity index (χ3n) is 5.61. The van der Waals surface area contributed by atoms with Crippen LogP contribution in [0.15, 0.2) is 11.6 Å². The second kappa shape index (κ2) is 21.9. The Bertz CT molecular complexity index is 466. The molecule has 0 N–H and O–H groups in total. The molecule has 31 heavy (non-hydrogen) atoms. The van der Waals surface area contributed by atoms with Gasteiger partial charge in [-0.15, -0.1) is 0 Å². The monoisotopic (exact) mass is 438 g/mol. The van der Waals surface area contributed by atoms with Crippen LogP contribution in [0, 0.1) is 5.92 Å². The molecule has 182 valence electrons. The molecule has 0 saturated heterocycles. The Kier molecular flexibility index (Phi) is 21.0. The first-order valence-corrected chi connectivity index (χ1v) is 12.9. The summed E-state index contributed by atoms with van der Waals surface area (Å²) in [6.07, 6.45) is 18.9. The molecule has 0 aromatic heterocycles. The van der Waals surface area contributed by atoms with Gasteiger partial charge >= 0.3 is 11.9 Å². The van der Waals surface area contributed by atoms with Gasteiger partial charge in [0.25, 0.3) is 0 Å². The van der Waals surface area contributed by atoms with Crippen LogP contribution in [0.3, 0.4) is 0 Å². The fourth-order valence-electron chi connectivity index (χ4n) is 3.46. The molecule has 0 amide bonds. The van der Waals surface area contributed by atoms with E-state index in [0.29, 0.717) is 44.8 Å². The largest absolute Gasteiger partial charge is 0.466 e. The van der Waals surface area contributed by atoms with E-state index in [1.165, 1.54) is 50.5 Å². The predicted octanol–water partition coefficient (Wildman–Crippen LogP) is 7.94. The van der Waals surface area contributed by atoms with Crippen molar-refractivity contribution in [2.75, 3.05) is 13.2 Å². The third kappa shape index (κ3) is 23.2. The number of carbonyl (C=O) groups is 2. The Balaban J connectivity index is 3.44. The van der Waals surface area contributed by atoms with Crippen molar-refractivity contribution in [3.8, 4) is 0 Å². The molecule has 0 aliphatic rings. The van der Waals surface area contributed by atoms with E-state index in [4.69, 9.17) is 9.47 Å². The van der Waals surface area contributed by atoms with E-state index in [-0.39, 0.29) is 11.9 Å². The second-order valence-electron chi connectivity index (χ2n) is 9.23. The molecule has 0 heterocycles. The zero-order valence-corrected chi connectivity index (χ0v) is 21.0. The maximum absolute atomic E-state index is 11.8. The SMILES string of the molecule is CCCCCCCCCCCOC(=O)CCCCC(=O)OCCC(C)CCC=C(C)C. The lowest BCUT2D eigenvalue weighted by molar-refractivity contribution is -0.146. The van der Waals surface area contributed by atoms with Crippen LogP contribution in [0.5, 0.6) is 0 Å². The van der Waals surface area contributed by atoms with Gasteiger partial charge in [0, 0.05) is 12.8 Å². The Morgan fingerprint density at radius 3 is 1.77 bits per heavy atom. The maximum atomic E-state index is 11.8. The molecule has 0 spiro atoms. The molecule has 4 heteroatoms. The average Bonchev–Trinajstić information content (AvgIpc) is 2.72. The van der Waals surface area contributed by atoms with Crippen molar-refractivity contribution >= 4 is 11.9 Å². The number of allylic oxidation sites excluding steroid dienone is 2. The summed E-state index contributed by atoms with van der Waals surface area (Å²) < 4.78 is 10.6. The number of ether oxygens (including phenoxy) is 2. The Morgan fingerprint density at radius 2 is 1.23 bits per heavy atom.